The summed E-state index contributed by atoms with van der Waals surface area (Å²) < 4.78 is 0. The normalized spacial score (nSPS) is 10.8. The number of pyridine rings is 1. The fraction of sp³-hybridized carbons (Fsp3) is 0.118. The molecule has 1 aromatic heterocycles. The van der Waals surface area contributed by atoms with Crippen molar-refractivity contribution >= 4 is 10.9 Å². The van der Waals surface area contributed by atoms with Gasteiger partial charge in [0.15, 0.2) is 0 Å². The van der Waals surface area contributed by atoms with Crippen LogP contribution in [-0.2, 0) is 6.42 Å². The summed E-state index contributed by atoms with van der Waals surface area (Å²) in [4.78, 5) is 4.43. The lowest BCUT2D eigenvalue weighted by Gasteiger charge is -2.11. The molecule has 0 radical (unpaired) electrons. The van der Waals surface area contributed by atoms with E-state index in [1.165, 1.54) is 5.56 Å². The van der Waals surface area contributed by atoms with Gasteiger partial charge in [0.25, 0.3) is 0 Å². The summed E-state index contributed by atoms with van der Waals surface area (Å²) in [7, 11) is 0. The van der Waals surface area contributed by atoms with E-state index >= 15 is 0 Å². The average molecular weight is 249 g/mol. The molecule has 0 unspecified atom stereocenters. The smallest absolute Gasteiger partial charge is 0.140 e. The first-order valence-electron chi connectivity index (χ1n) is 6.37. The first kappa shape index (κ1) is 11.7. The second kappa shape index (κ2) is 4.73. The Hall–Kier alpha value is -2.35. The van der Waals surface area contributed by atoms with Crippen molar-refractivity contribution in [2.24, 2.45) is 0 Å². The molecule has 1 heterocycles. The number of hydrogen-bond acceptors (Lipinski definition) is 2. The maximum absolute atomic E-state index is 10.3. The third kappa shape index (κ3) is 2.17. The van der Waals surface area contributed by atoms with Crippen LogP contribution < -0.4 is 0 Å². The molecule has 0 atom stereocenters. The van der Waals surface area contributed by atoms with Gasteiger partial charge in [-0.05, 0) is 18.6 Å². The topological polar surface area (TPSA) is 33.1 Å². The summed E-state index contributed by atoms with van der Waals surface area (Å²) >= 11 is 0. The molecule has 0 saturated heterocycles. The molecule has 2 nitrogen and oxygen atoms in total. The van der Waals surface area contributed by atoms with E-state index < -0.39 is 0 Å². The van der Waals surface area contributed by atoms with Crippen LogP contribution in [0.2, 0.25) is 0 Å². The molecule has 0 saturated carbocycles. The zero-order chi connectivity index (χ0) is 13.2. The van der Waals surface area contributed by atoms with E-state index in [0.717, 1.165) is 22.9 Å². The lowest BCUT2D eigenvalue weighted by molar-refractivity contribution is 0.463. The number of para-hydroxylation sites is 1. The molecule has 1 N–H and O–H groups in total. The quantitative estimate of drug-likeness (QED) is 0.748. The van der Waals surface area contributed by atoms with Crippen molar-refractivity contribution in [1.82, 2.24) is 4.98 Å². The molecule has 0 fully saturated rings. The van der Waals surface area contributed by atoms with Crippen LogP contribution in [0.1, 0.15) is 16.8 Å². The third-order valence-electron chi connectivity index (χ3n) is 3.37. The molecular weight excluding hydrogens is 234 g/mol. The summed E-state index contributed by atoms with van der Waals surface area (Å²) in [6.45, 7) is 1.84. The molecule has 0 aliphatic heterocycles. The molecule has 0 aliphatic rings. The number of fused-ring (bicyclic) bond motifs is 1. The molecular formula is C17H15NO. The fourth-order valence-corrected chi connectivity index (χ4v) is 2.38. The molecule has 0 aliphatic carbocycles. The van der Waals surface area contributed by atoms with Gasteiger partial charge < -0.3 is 5.11 Å². The Morgan fingerprint density at radius 3 is 2.42 bits per heavy atom. The highest BCUT2D eigenvalue weighted by atomic mass is 16.3. The van der Waals surface area contributed by atoms with Crippen molar-refractivity contribution in [2.75, 3.05) is 0 Å². The lowest BCUT2D eigenvalue weighted by Crippen LogP contribution is -1.95. The predicted molar refractivity (Wildman–Crippen MR) is 77.4 cm³/mol. The van der Waals surface area contributed by atoms with Gasteiger partial charge in [-0.15, -0.1) is 0 Å². The highest BCUT2D eigenvalue weighted by Crippen LogP contribution is 2.30. The summed E-state index contributed by atoms with van der Waals surface area (Å²) in [5.74, 6) is 0.308. The standard InChI is InChI=1S/C17H15NO/c1-12-17(19)15(11-13-7-3-2-4-8-13)14-9-5-6-10-16(14)18-12/h2-10,19H,11H2,1H3. The third-order valence-corrected chi connectivity index (χ3v) is 3.37. The lowest BCUT2D eigenvalue weighted by atomic mass is 9.99. The van der Waals surface area contributed by atoms with Gasteiger partial charge in [-0.2, -0.15) is 0 Å². The van der Waals surface area contributed by atoms with Crippen LogP contribution in [0.25, 0.3) is 10.9 Å². The highest BCUT2D eigenvalue weighted by Gasteiger charge is 2.11. The van der Waals surface area contributed by atoms with Gasteiger partial charge in [-0.3, -0.25) is 0 Å². The van der Waals surface area contributed by atoms with E-state index in [2.05, 4.69) is 17.1 Å². The van der Waals surface area contributed by atoms with Gasteiger partial charge in [-0.1, -0.05) is 48.5 Å². The van der Waals surface area contributed by atoms with Crippen molar-refractivity contribution in [2.45, 2.75) is 13.3 Å². The first-order chi connectivity index (χ1) is 9.25. The van der Waals surface area contributed by atoms with Crippen LogP contribution in [0.15, 0.2) is 54.6 Å². The zero-order valence-corrected chi connectivity index (χ0v) is 10.8. The van der Waals surface area contributed by atoms with Crippen LogP contribution in [0.5, 0.6) is 5.75 Å². The second-order valence-corrected chi connectivity index (χ2v) is 4.70. The molecule has 94 valence electrons. The van der Waals surface area contributed by atoms with E-state index in [1.807, 2.05) is 49.4 Å². The second-order valence-electron chi connectivity index (χ2n) is 4.70. The zero-order valence-electron chi connectivity index (χ0n) is 10.8. The Labute approximate surface area is 112 Å². The molecule has 3 rings (SSSR count). The number of benzene rings is 2. The minimum Gasteiger partial charge on any atom is -0.506 e. The molecule has 2 aromatic carbocycles. The monoisotopic (exact) mass is 249 g/mol. The van der Waals surface area contributed by atoms with E-state index in [4.69, 9.17) is 0 Å². The van der Waals surface area contributed by atoms with Gasteiger partial charge in [0.1, 0.15) is 5.75 Å². The SMILES string of the molecule is Cc1nc2ccccc2c(Cc2ccccc2)c1O. The van der Waals surface area contributed by atoms with E-state index in [1.54, 1.807) is 0 Å². The Balaban J connectivity index is 2.19. The van der Waals surface area contributed by atoms with Crippen LogP contribution in [-0.4, -0.2) is 10.1 Å². The number of rotatable bonds is 2. The van der Waals surface area contributed by atoms with Crippen LogP contribution in [0.3, 0.4) is 0 Å². The minimum absolute atomic E-state index is 0.308. The molecule has 0 spiro atoms. The highest BCUT2D eigenvalue weighted by molar-refractivity contribution is 5.85. The van der Waals surface area contributed by atoms with Gasteiger partial charge in [0.2, 0.25) is 0 Å². The predicted octanol–water partition coefficient (Wildman–Crippen LogP) is 3.84. The Bertz CT molecular complexity index is 720. The van der Waals surface area contributed by atoms with E-state index in [9.17, 15) is 5.11 Å². The van der Waals surface area contributed by atoms with Crippen molar-refractivity contribution in [1.29, 1.82) is 0 Å². The number of aromatic nitrogens is 1. The number of nitrogens with zero attached hydrogens (tertiary/aromatic N) is 1. The number of aryl methyl sites for hydroxylation is 1. The summed E-state index contributed by atoms with van der Waals surface area (Å²) in [6.07, 6.45) is 0.719. The van der Waals surface area contributed by atoms with Gasteiger partial charge in [0.05, 0.1) is 11.2 Å². The van der Waals surface area contributed by atoms with Crippen LogP contribution >= 0.6 is 0 Å². The van der Waals surface area contributed by atoms with Crippen LogP contribution in [0.4, 0.5) is 0 Å². The number of hydrogen-bond donors (Lipinski definition) is 1. The minimum atomic E-state index is 0.308. The molecule has 2 heteroatoms. The van der Waals surface area contributed by atoms with Crippen molar-refractivity contribution in [3.05, 3.63) is 71.4 Å². The number of aromatic hydroxyl groups is 1. The first-order valence-corrected chi connectivity index (χ1v) is 6.37. The molecule has 19 heavy (non-hydrogen) atoms. The van der Waals surface area contributed by atoms with Crippen LogP contribution in [0, 0.1) is 6.92 Å². The fourth-order valence-electron chi connectivity index (χ4n) is 2.38. The average Bonchev–Trinajstić information content (AvgIpc) is 2.45. The largest absolute Gasteiger partial charge is 0.506 e. The molecule has 0 bridgehead atoms. The Morgan fingerprint density at radius 1 is 0.947 bits per heavy atom. The van der Waals surface area contributed by atoms with E-state index in [-0.39, 0.29) is 0 Å². The molecule has 3 aromatic rings. The van der Waals surface area contributed by atoms with Crippen molar-refractivity contribution < 1.29 is 5.11 Å². The maximum Gasteiger partial charge on any atom is 0.140 e. The maximum atomic E-state index is 10.3. The van der Waals surface area contributed by atoms with E-state index in [0.29, 0.717) is 11.4 Å². The van der Waals surface area contributed by atoms with Crippen molar-refractivity contribution in [3.8, 4) is 5.75 Å². The van der Waals surface area contributed by atoms with Gasteiger partial charge >= 0.3 is 0 Å². The Kier molecular flexibility index (Phi) is 2.92. The van der Waals surface area contributed by atoms with Gasteiger partial charge in [-0.25, -0.2) is 4.98 Å². The summed E-state index contributed by atoms with van der Waals surface area (Å²) in [5, 5.41) is 11.3. The van der Waals surface area contributed by atoms with Gasteiger partial charge in [0, 0.05) is 17.4 Å². The summed E-state index contributed by atoms with van der Waals surface area (Å²) in [5.41, 5.74) is 3.76. The Morgan fingerprint density at radius 2 is 1.63 bits per heavy atom. The summed E-state index contributed by atoms with van der Waals surface area (Å²) in [6, 6.07) is 18.1. The molecule has 0 amide bonds. The van der Waals surface area contributed by atoms with Crippen molar-refractivity contribution in [3.63, 3.8) is 0 Å².